The Labute approximate surface area is 105 Å². The van der Waals surface area contributed by atoms with Crippen molar-refractivity contribution in [3.8, 4) is 0 Å². The number of hydrogen-bond donors (Lipinski definition) is 1. The van der Waals surface area contributed by atoms with E-state index in [9.17, 15) is 14.7 Å². The fraction of sp³-hybridized carbons (Fsp3) is 0.583. The number of rotatable bonds is 2. The molecule has 0 radical (unpaired) electrons. The summed E-state index contributed by atoms with van der Waals surface area (Å²) in [5.41, 5.74) is -0.982. The lowest BCUT2D eigenvalue weighted by Crippen LogP contribution is -2.57. The number of likely N-dealkylation sites (tertiary alicyclic amines) is 1. The van der Waals surface area contributed by atoms with E-state index in [2.05, 4.69) is 5.16 Å². The third kappa shape index (κ3) is 1.98. The highest BCUT2D eigenvalue weighted by molar-refractivity contribution is 5.96. The molecule has 98 valence electrons. The number of aromatic nitrogens is 1. The minimum absolute atomic E-state index is 0.168. The zero-order chi connectivity index (χ0) is 13.3. The first-order valence-electron chi connectivity index (χ1n) is 5.94. The van der Waals surface area contributed by atoms with Crippen LogP contribution >= 0.6 is 0 Å². The maximum Gasteiger partial charge on any atom is 0.329 e. The van der Waals surface area contributed by atoms with Crippen LogP contribution in [-0.4, -0.2) is 39.1 Å². The Hall–Kier alpha value is -1.85. The normalized spacial score (nSPS) is 24.0. The fourth-order valence-corrected chi connectivity index (χ4v) is 2.27. The molecule has 1 saturated heterocycles. The van der Waals surface area contributed by atoms with Gasteiger partial charge in [-0.15, -0.1) is 0 Å². The van der Waals surface area contributed by atoms with Gasteiger partial charge in [-0.1, -0.05) is 5.16 Å². The van der Waals surface area contributed by atoms with E-state index in [-0.39, 0.29) is 11.6 Å². The van der Waals surface area contributed by atoms with Crippen LogP contribution in [0.2, 0.25) is 0 Å². The Bertz CT molecular complexity index is 482. The average molecular weight is 252 g/mol. The van der Waals surface area contributed by atoms with Gasteiger partial charge in [0.2, 0.25) is 0 Å². The summed E-state index contributed by atoms with van der Waals surface area (Å²) in [6.45, 7) is 3.71. The zero-order valence-electron chi connectivity index (χ0n) is 10.5. The van der Waals surface area contributed by atoms with E-state index in [1.54, 1.807) is 13.8 Å². The number of amides is 1. The number of nitrogens with zero attached hydrogens (tertiary/aromatic N) is 2. The molecule has 2 rings (SSSR count). The highest BCUT2D eigenvalue weighted by Gasteiger charge is 2.44. The second-order valence-electron chi connectivity index (χ2n) is 4.82. The SMILES string of the molecule is Cc1cc(C(=O)N2CCCCC2(C)C(=O)O)no1. The van der Waals surface area contributed by atoms with Gasteiger partial charge in [-0.25, -0.2) is 4.79 Å². The van der Waals surface area contributed by atoms with Crippen molar-refractivity contribution in [3.63, 3.8) is 0 Å². The maximum atomic E-state index is 12.3. The van der Waals surface area contributed by atoms with Crippen molar-refractivity contribution in [1.82, 2.24) is 10.1 Å². The van der Waals surface area contributed by atoms with E-state index in [0.717, 1.165) is 12.8 Å². The van der Waals surface area contributed by atoms with Crippen molar-refractivity contribution in [3.05, 3.63) is 17.5 Å². The van der Waals surface area contributed by atoms with E-state index in [1.807, 2.05) is 0 Å². The Morgan fingerprint density at radius 3 is 2.78 bits per heavy atom. The van der Waals surface area contributed by atoms with Gasteiger partial charge in [0.25, 0.3) is 5.91 Å². The van der Waals surface area contributed by atoms with Crippen molar-refractivity contribution in [2.45, 2.75) is 38.6 Å². The van der Waals surface area contributed by atoms with Gasteiger partial charge < -0.3 is 14.5 Å². The van der Waals surface area contributed by atoms with Crippen molar-refractivity contribution in [1.29, 1.82) is 0 Å². The van der Waals surface area contributed by atoms with E-state index in [4.69, 9.17) is 4.52 Å². The molecule has 0 spiro atoms. The molecule has 1 aliphatic heterocycles. The van der Waals surface area contributed by atoms with Crippen LogP contribution in [0.4, 0.5) is 0 Å². The quantitative estimate of drug-likeness (QED) is 0.861. The van der Waals surface area contributed by atoms with Crippen LogP contribution in [0.5, 0.6) is 0 Å². The monoisotopic (exact) mass is 252 g/mol. The third-order valence-corrected chi connectivity index (χ3v) is 3.44. The average Bonchev–Trinajstić information content (AvgIpc) is 2.75. The lowest BCUT2D eigenvalue weighted by atomic mass is 9.88. The summed E-state index contributed by atoms with van der Waals surface area (Å²) in [6, 6.07) is 1.53. The van der Waals surface area contributed by atoms with Crippen LogP contribution in [0, 0.1) is 6.92 Å². The lowest BCUT2D eigenvalue weighted by molar-refractivity contribution is -0.150. The van der Waals surface area contributed by atoms with Crippen LogP contribution in [0.1, 0.15) is 42.4 Å². The standard InChI is InChI=1S/C12H16N2O4/c1-8-7-9(13-18-8)10(15)14-6-4-3-5-12(14,2)11(16)17/h7H,3-6H2,1-2H3,(H,16,17). The van der Waals surface area contributed by atoms with Crippen molar-refractivity contribution in [2.75, 3.05) is 6.54 Å². The lowest BCUT2D eigenvalue weighted by Gasteiger charge is -2.41. The van der Waals surface area contributed by atoms with Gasteiger partial charge in [0.15, 0.2) is 5.69 Å². The van der Waals surface area contributed by atoms with E-state index in [1.165, 1.54) is 11.0 Å². The van der Waals surface area contributed by atoms with Gasteiger partial charge >= 0.3 is 5.97 Å². The number of aliphatic carboxylic acids is 1. The van der Waals surface area contributed by atoms with Crippen LogP contribution in [0.15, 0.2) is 10.6 Å². The van der Waals surface area contributed by atoms with Crippen molar-refractivity contribution >= 4 is 11.9 Å². The molecule has 0 saturated carbocycles. The van der Waals surface area contributed by atoms with Crippen LogP contribution < -0.4 is 0 Å². The van der Waals surface area contributed by atoms with Crippen molar-refractivity contribution < 1.29 is 19.2 Å². The minimum atomic E-state index is -1.15. The van der Waals surface area contributed by atoms with Gasteiger partial charge in [-0.2, -0.15) is 0 Å². The molecule has 1 atom stereocenters. The van der Waals surface area contributed by atoms with Crippen LogP contribution in [0.25, 0.3) is 0 Å². The van der Waals surface area contributed by atoms with Crippen molar-refractivity contribution in [2.24, 2.45) is 0 Å². The highest BCUT2D eigenvalue weighted by atomic mass is 16.5. The Kier molecular flexibility index (Phi) is 3.11. The highest BCUT2D eigenvalue weighted by Crippen LogP contribution is 2.29. The first-order chi connectivity index (χ1) is 8.45. The molecule has 2 heterocycles. The molecule has 0 aromatic carbocycles. The fourth-order valence-electron chi connectivity index (χ4n) is 2.27. The molecule has 1 unspecified atom stereocenters. The summed E-state index contributed by atoms with van der Waals surface area (Å²) in [7, 11) is 0. The summed E-state index contributed by atoms with van der Waals surface area (Å²) in [4.78, 5) is 25.0. The zero-order valence-corrected chi connectivity index (χ0v) is 10.5. The summed E-state index contributed by atoms with van der Waals surface area (Å²) < 4.78 is 4.86. The van der Waals surface area contributed by atoms with E-state index in [0.29, 0.717) is 18.7 Å². The second kappa shape index (κ2) is 4.44. The minimum Gasteiger partial charge on any atom is -0.480 e. The second-order valence-corrected chi connectivity index (χ2v) is 4.82. The van der Waals surface area contributed by atoms with Gasteiger partial charge in [-0.05, 0) is 33.1 Å². The number of hydrogen-bond acceptors (Lipinski definition) is 4. The summed E-state index contributed by atoms with van der Waals surface area (Å²) in [6.07, 6.45) is 2.08. The molecule has 1 N–H and O–H groups in total. The molecular formula is C12H16N2O4. The molecule has 1 aliphatic rings. The number of carbonyl (C=O) groups is 2. The largest absolute Gasteiger partial charge is 0.480 e. The molecule has 1 amide bonds. The van der Waals surface area contributed by atoms with Crippen LogP contribution in [0.3, 0.4) is 0 Å². The van der Waals surface area contributed by atoms with Crippen LogP contribution in [-0.2, 0) is 4.79 Å². The third-order valence-electron chi connectivity index (χ3n) is 3.44. The summed E-state index contributed by atoms with van der Waals surface area (Å²) >= 11 is 0. The first kappa shape index (κ1) is 12.6. The molecule has 1 aromatic heterocycles. The molecular weight excluding hydrogens is 236 g/mol. The van der Waals surface area contributed by atoms with Gasteiger partial charge in [0.05, 0.1) is 0 Å². The predicted octanol–water partition coefficient (Wildman–Crippen LogP) is 1.45. The molecule has 6 heteroatoms. The molecule has 18 heavy (non-hydrogen) atoms. The number of carboxylic acids is 1. The molecule has 1 fully saturated rings. The Morgan fingerprint density at radius 2 is 2.22 bits per heavy atom. The molecule has 0 aliphatic carbocycles. The van der Waals surface area contributed by atoms with E-state index < -0.39 is 11.5 Å². The number of piperidine rings is 1. The van der Waals surface area contributed by atoms with Gasteiger partial charge in [-0.3, -0.25) is 4.79 Å². The smallest absolute Gasteiger partial charge is 0.329 e. The predicted molar refractivity (Wildman–Crippen MR) is 62.2 cm³/mol. The summed E-state index contributed by atoms with van der Waals surface area (Å²) in [5, 5.41) is 13.0. The van der Waals surface area contributed by atoms with Gasteiger partial charge in [0, 0.05) is 12.6 Å². The van der Waals surface area contributed by atoms with E-state index >= 15 is 0 Å². The topological polar surface area (TPSA) is 83.6 Å². The number of carbonyl (C=O) groups excluding carboxylic acids is 1. The molecule has 0 bridgehead atoms. The first-order valence-corrected chi connectivity index (χ1v) is 5.94. The van der Waals surface area contributed by atoms with Gasteiger partial charge in [0.1, 0.15) is 11.3 Å². The Morgan fingerprint density at radius 1 is 1.50 bits per heavy atom. The number of carboxylic acid groups (broad SMARTS) is 1. The summed E-state index contributed by atoms with van der Waals surface area (Å²) in [5.74, 6) is -0.820. The molecule has 6 nitrogen and oxygen atoms in total. The maximum absolute atomic E-state index is 12.3. The Balaban J connectivity index is 2.30. The number of aryl methyl sites for hydroxylation is 1. The molecule has 1 aromatic rings.